The summed E-state index contributed by atoms with van der Waals surface area (Å²) < 4.78 is 12.4. The van der Waals surface area contributed by atoms with Crippen LogP contribution >= 0.6 is 0 Å². The number of nitrogens with one attached hydrogen (secondary N) is 1. The number of hydrogen-bond acceptors (Lipinski definition) is 2. The second kappa shape index (κ2) is 5.13. The maximum Gasteiger partial charge on any atom is 0.132 e. The highest BCUT2D eigenvalue weighted by atomic mass is 19.1. The van der Waals surface area contributed by atoms with E-state index in [2.05, 4.69) is 10.5 Å². The first kappa shape index (κ1) is 9.51. The summed E-state index contributed by atoms with van der Waals surface area (Å²) in [5.41, 5.74) is 0.768. The van der Waals surface area contributed by atoms with Crippen molar-refractivity contribution in [2.75, 3.05) is 11.9 Å². The van der Waals surface area contributed by atoms with Crippen LogP contribution in [0.15, 0.2) is 29.4 Å². The predicted molar refractivity (Wildman–Crippen MR) is 50.1 cm³/mol. The Morgan fingerprint density at radius 1 is 1.46 bits per heavy atom. The van der Waals surface area contributed by atoms with Crippen LogP contribution in [-0.2, 0) is 4.84 Å². The second-order valence-electron chi connectivity index (χ2n) is 2.30. The van der Waals surface area contributed by atoms with Crippen molar-refractivity contribution < 1.29 is 9.23 Å². The Morgan fingerprint density at radius 3 is 2.77 bits per heavy atom. The molecular formula is C9H11FN2O. The summed E-state index contributed by atoms with van der Waals surface area (Å²) in [5, 5.41) is 6.40. The van der Waals surface area contributed by atoms with Gasteiger partial charge >= 0.3 is 0 Å². The van der Waals surface area contributed by atoms with Gasteiger partial charge in [-0.15, -0.1) is 0 Å². The Kier molecular flexibility index (Phi) is 3.75. The molecule has 0 saturated heterocycles. The van der Waals surface area contributed by atoms with Crippen molar-refractivity contribution >= 4 is 12.0 Å². The number of oxime groups is 1. The predicted octanol–water partition coefficient (Wildman–Crippen LogP) is 2.22. The largest absolute Gasteiger partial charge is 0.395 e. The summed E-state index contributed by atoms with van der Waals surface area (Å²) in [4.78, 5) is 4.71. The fourth-order valence-electron chi connectivity index (χ4n) is 0.759. The lowest BCUT2D eigenvalue weighted by Crippen LogP contribution is -1.95. The Morgan fingerprint density at radius 2 is 2.15 bits per heavy atom. The molecule has 1 aromatic rings. The van der Waals surface area contributed by atoms with Gasteiger partial charge in [0.05, 0.1) is 0 Å². The molecule has 0 fully saturated rings. The van der Waals surface area contributed by atoms with Gasteiger partial charge in [-0.2, -0.15) is 0 Å². The molecule has 0 unspecified atom stereocenters. The number of anilines is 1. The molecule has 0 aliphatic carbocycles. The molecule has 13 heavy (non-hydrogen) atoms. The van der Waals surface area contributed by atoms with Gasteiger partial charge in [0.15, 0.2) is 0 Å². The van der Waals surface area contributed by atoms with E-state index in [1.54, 1.807) is 12.1 Å². The van der Waals surface area contributed by atoms with Crippen molar-refractivity contribution in [2.24, 2.45) is 5.16 Å². The lowest BCUT2D eigenvalue weighted by molar-refractivity contribution is 0.160. The number of nitrogens with zero attached hydrogens (tertiary/aromatic N) is 1. The highest BCUT2D eigenvalue weighted by molar-refractivity contribution is 5.74. The highest BCUT2D eigenvalue weighted by Crippen LogP contribution is 2.06. The minimum Gasteiger partial charge on any atom is -0.395 e. The van der Waals surface area contributed by atoms with E-state index < -0.39 is 0 Å². The van der Waals surface area contributed by atoms with E-state index in [1.807, 2.05) is 6.92 Å². The number of halogens is 1. The molecule has 0 spiro atoms. The van der Waals surface area contributed by atoms with Crippen LogP contribution in [0.4, 0.5) is 10.1 Å². The Labute approximate surface area is 76.2 Å². The molecule has 0 aliphatic rings. The highest BCUT2D eigenvalue weighted by Gasteiger charge is 1.89. The molecule has 70 valence electrons. The van der Waals surface area contributed by atoms with Gasteiger partial charge < -0.3 is 10.2 Å². The van der Waals surface area contributed by atoms with Crippen molar-refractivity contribution in [2.45, 2.75) is 6.92 Å². The van der Waals surface area contributed by atoms with Crippen LogP contribution < -0.4 is 5.32 Å². The number of benzene rings is 1. The van der Waals surface area contributed by atoms with E-state index >= 15 is 0 Å². The standard InChI is InChI=1S/C9H11FN2O/c1-2-13-12-7-11-9-5-3-8(10)4-6-9/h3-7H,2H2,1H3,(H,11,12). The monoisotopic (exact) mass is 182 g/mol. The van der Waals surface area contributed by atoms with E-state index in [4.69, 9.17) is 4.84 Å². The Hall–Kier alpha value is -1.58. The SMILES string of the molecule is CCON=CNc1ccc(F)cc1. The zero-order valence-electron chi connectivity index (χ0n) is 7.33. The van der Waals surface area contributed by atoms with Crippen LogP contribution in [0.2, 0.25) is 0 Å². The molecule has 0 saturated carbocycles. The van der Waals surface area contributed by atoms with Crippen molar-refractivity contribution in [3.05, 3.63) is 30.1 Å². The van der Waals surface area contributed by atoms with Crippen LogP contribution in [0.5, 0.6) is 0 Å². The van der Waals surface area contributed by atoms with Gasteiger partial charge in [-0.1, -0.05) is 5.16 Å². The molecule has 1 N–H and O–H groups in total. The van der Waals surface area contributed by atoms with Gasteiger partial charge in [-0.05, 0) is 31.2 Å². The zero-order chi connectivity index (χ0) is 9.52. The first-order valence-electron chi connectivity index (χ1n) is 3.99. The summed E-state index contributed by atoms with van der Waals surface area (Å²) in [6, 6.07) is 5.98. The molecule has 0 heterocycles. The Bertz CT molecular complexity index is 271. The minimum atomic E-state index is -0.257. The molecular weight excluding hydrogens is 171 g/mol. The summed E-state index contributed by atoms with van der Waals surface area (Å²) in [6.07, 6.45) is 1.41. The van der Waals surface area contributed by atoms with E-state index in [0.29, 0.717) is 6.61 Å². The van der Waals surface area contributed by atoms with E-state index in [-0.39, 0.29) is 5.82 Å². The van der Waals surface area contributed by atoms with Crippen molar-refractivity contribution in [1.82, 2.24) is 0 Å². The summed E-state index contributed by atoms with van der Waals surface area (Å²) in [7, 11) is 0. The zero-order valence-corrected chi connectivity index (χ0v) is 7.33. The van der Waals surface area contributed by atoms with Crippen LogP contribution in [-0.4, -0.2) is 12.9 Å². The molecule has 1 aromatic carbocycles. The summed E-state index contributed by atoms with van der Waals surface area (Å²) in [5.74, 6) is -0.257. The first-order valence-corrected chi connectivity index (χ1v) is 3.99. The lowest BCUT2D eigenvalue weighted by atomic mass is 10.3. The molecule has 1 rings (SSSR count). The van der Waals surface area contributed by atoms with Gasteiger partial charge in [-0.3, -0.25) is 0 Å². The van der Waals surface area contributed by atoms with E-state index in [0.717, 1.165) is 5.69 Å². The van der Waals surface area contributed by atoms with Crippen LogP contribution in [0.25, 0.3) is 0 Å². The average molecular weight is 182 g/mol. The molecule has 0 radical (unpaired) electrons. The third-order valence-corrected chi connectivity index (χ3v) is 1.33. The van der Waals surface area contributed by atoms with Gasteiger partial charge in [0.1, 0.15) is 18.8 Å². The average Bonchev–Trinajstić information content (AvgIpc) is 2.15. The fraction of sp³-hybridized carbons (Fsp3) is 0.222. The summed E-state index contributed by atoms with van der Waals surface area (Å²) in [6.45, 7) is 2.37. The number of rotatable bonds is 4. The van der Waals surface area contributed by atoms with Crippen molar-refractivity contribution in [1.29, 1.82) is 0 Å². The fourth-order valence-corrected chi connectivity index (χ4v) is 0.759. The quantitative estimate of drug-likeness (QED) is 0.440. The normalized spacial score (nSPS) is 10.3. The van der Waals surface area contributed by atoms with Crippen molar-refractivity contribution in [3.8, 4) is 0 Å². The molecule has 0 aromatic heterocycles. The van der Waals surface area contributed by atoms with Gasteiger partial charge in [0.25, 0.3) is 0 Å². The smallest absolute Gasteiger partial charge is 0.132 e. The molecule has 0 atom stereocenters. The first-order chi connectivity index (χ1) is 6.33. The Balaban J connectivity index is 2.41. The molecule has 3 nitrogen and oxygen atoms in total. The van der Waals surface area contributed by atoms with Crippen LogP contribution in [0.1, 0.15) is 6.92 Å². The minimum absolute atomic E-state index is 0.257. The summed E-state index contributed by atoms with van der Waals surface area (Å²) >= 11 is 0. The lowest BCUT2D eigenvalue weighted by Gasteiger charge is -1.98. The topological polar surface area (TPSA) is 33.6 Å². The van der Waals surface area contributed by atoms with Gasteiger partial charge in [0, 0.05) is 5.69 Å². The van der Waals surface area contributed by atoms with E-state index in [9.17, 15) is 4.39 Å². The van der Waals surface area contributed by atoms with Crippen molar-refractivity contribution in [3.63, 3.8) is 0 Å². The molecule has 0 bridgehead atoms. The van der Waals surface area contributed by atoms with Crippen LogP contribution in [0, 0.1) is 5.82 Å². The number of hydrogen-bond donors (Lipinski definition) is 1. The molecule has 0 aliphatic heterocycles. The maximum absolute atomic E-state index is 12.4. The maximum atomic E-state index is 12.4. The molecule has 4 heteroatoms. The third kappa shape index (κ3) is 3.55. The second-order valence-corrected chi connectivity index (χ2v) is 2.30. The van der Waals surface area contributed by atoms with E-state index in [1.165, 1.54) is 18.5 Å². The third-order valence-electron chi connectivity index (χ3n) is 1.33. The van der Waals surface area contributed by atoms with Gasteiger partial charge in [-0.25, -0.2) is 4.39 Å². The van der Waals surface area contributed by atoms with Gasteiger partial charge in [0.2, 0.25) is 0 Å². The molecule has 0 amide bonds. The van der Waals surface area contributed by atoms with Crippen LogP contribution in [0.3, 0.4) is 0 Å².